The third-order valence-corrected chi connectivity index (χ3v) is 4.09. The van der Waals surface area contributed by atoms with Crippen molar-refractivity contribution in [3.05, 3.63) is 11.9 Å². The zero-order valence-electron chi connectivity index (χ0n) is 14.2. The van der Waals surface area contributed by atoms with Crippen LogP contribution in [0.25, 0.3) is 0 Å². The number of rotatable bonds is 3. The van der Waals surface area contributed by atoms with Crippen molar-refractivity contribution in [2.45, 2.75) is 71.4 Å². The van der Waals surface area contributed by atoms with Crippen LogP contribution in [0.5, 0.6) is 0 Å². The fraction of sp³-hybridized carbons (Fsp3) is 0.750. The Labute approximate surface area is 128 Å². The van der Waals surface area contributed by atoms with E-state index in [1.165, 1.54) is 19.3 Å². The molecule has 2 heterocycles. The Morgan fingerprint density at radius 1 is 1.10 bits per heavy atom. The molecule has 0 amide bonds. The molecule has 118 valence electrons. The van der Waals surface area contributed by atoms with Crippen molar-refractivity contribution in [3.63, 3.8) is 0 Å². The molecule has 2 unspecified atom stereocenters. The van der Waals surface area contributed by atoms with Crippen molar-refractivity contribution >= 4 is 11.6 Å². The van der Waals surface area contributed by atoms with Gasteiger partial charge in [-0.25, -0.2) is 15.0 Å². The second-order valence-electron chi connectivity index (χ2n) is 7.11. The van der Waals surface area contributed by atoms with Gasteiger partial charge in [-0.2, -0.15) is 0 Å². The van der Waals surface area contributed by atoms with Crippen LogP contribution in [0.1, 0.15) is 59.7 Å². The minimum Gasteiger partial charge on any atom is -0.373 e. The average molecular weight is 291 g/mol. The van der Waals surface area contributed by atoms with Crippen LogP contribution in [0.3, 0.4) is 0 Å². The maximum absolute atomic E-state index is 4.71. The van der Waals surface area contributed by atoms with Gasteiger partial charge in [-0.15, -0.1) is 0 Å². The Hall–Kier alpha value is -1.36. The van der Waals surface area contributed by atoms with Crippen molar-refractivity contribution in [2.75, 3.05) is 17.8 Å². The number of nitrogens with zero attached hydrogens (tertiary/aromatic N) is 3. The van der Waals surface area contributed by atoms with Gasteiger partial charge in [0.15, 0.2) is 0 Å². The zero-order chi connectivity index (χ0) is 15.6. The number of piperidine rings is 1. The van der Waals surface area contributed by atoms with E-state index in [9.17, 15) is 0 Å². The third kappa shape index (κ3) is 3.84. The summed E-state index contributed by atoms with van der Waals surface area (Å²) in [4.78, 5) is 9.29. The van der Waals surface area contributed by atoms with Crippen LogP contribution >= 0.6 is 0 Å². The summed E-state index contributed by atoms with van der Waals surface area (Å²) < 4.78 is 0. The van der Waals surface area contributed by atoms with Crippen LogP contribution in [0.2, 0.25) is 0 Å². The summed E-state index contributed by atoms with van der Waals surface area (Å²) in [6.07, 6.45) is 3.76. The van der Waals surface area contributed by atoms with Crippen molar-refractivity contribution in [1.82, 2.24) is 15.0 Å². The second kappa shape index (κ2) is 6.18. The second-order valence-corrected chi connectivity index (χ2v) is 7.11. The molecule has 5 heteroatoms. The first-order chi connectivity index (χ1) is 9.81. The summed E-state index contributed by atoms with van der Waals surface area (Å²) in [5.41, 5.74) is 3.44. The Balaban J connectivity index is 2.26. The molecule has 2 atom stereocenters. The first-order valence-corrected chi connectivity index (χ1v) is 7.93. The molecule has 21 heavy (non-hydrogen) atoms. The standard InChI is InChI=1S/C16H29N5/c1-11-8-7-9-12(2)21(11)20-14-10-13(17-6)18-15(19-14)16(3,4)5/h10-12H,7-9H2,1-6H3,(H2,17,18,19,20). The minimum atomic E-state index is -0.0670. The van der Waals surface area contributed by atoms with Crippen molar-refractivity contribution in [3.8, 4) is 0 Å². The molecule has 1 aromatic heterocycles. The van der Waals surface area contributed by atoms with Gasteiger partial charge in [0.2, 0.25) is 0 Å². The Morgan fingerprint density at radius 3 is 2.19 bits per heavy atom. The molecule has 1 fully saturated rings. The van der Waals surface area contributed by atoms with Crippen LogP contribution in [0.4, 0.5) is 11.6 Å². The van der Waals surface area contributed by atoms with Gasteiger partial charge in [0, 0.05) is 30.6 Å². The molecule has 0 aliphatic carbocycles. The van der Waals surface area contributed by atoms with E-state index in [0.717, 1.165) is 17.5 Å². The lowest BCUT2D eigenvalue weighted by atomic mass is 9.96. The van der Waals surface area contributed by atoms with Gasteiger partial charge in [0.25, 0.3) is 0 Å². The van der Waals surface area contributed by atoms with Crippen LogP contribution in [0.15, 0.2) is 6.07 Å². The molecule has 1 aliphatic heterocycles. The Morgan fingerprint density at radius 2 is 1.67 bits per heavy atom. The van der Waals surface area contributed by atoms with Gasteiger partial charge in [-0.3, -0.25) is 0 Å². The molecule has 1 aromatic rings. The highest BCUT2D eigenvalue weighted by Gasteiger charge is 2.26. The zero-order valence-corrected chi connectivity index (χ0v) is 14.2. The summed E-state index contributed by atoms with van der Waals surface area (Å²) in [6.45, 7) is 11.0. The molecular formula is C16H29N5. The van der Waals surface area contributed by atoms with Gasteiger partial charge >= 0.3 is 0 Å². The predicted molar refractivity (Wildman–Crippen MR) is 88.5 cm³/mol. The quantitative estimate of drug-likeness (QED) is 0.894. The van der Waals surface area contributed by atoms with Gasteiger partial charge < -0.3 is 10.7 Å². The summed E-state index contributed by atoms with van der Waals surface area (Å²) in [7, 11) is 1.89. The first-order valence-electron chi connectivity index (χ1n) is 7.93. The largest absolute Gasteiger partial charge is 0.373 e. The highest BCUT2D eigenvalue weighted by Crippen LogP contribution is 2.26. The van der Waals surface area contributed by atoms with E-state index in [-0.39, 0.29) is 5.41 Å². The van der Waals surface area contributed by atoms with Gasteiger partial charge in [-0.05, 0) is 26.7 Å². The van der Waals surface area contributed by atoms with E-state index in [0.29, 0.717) is 12.1 Å². The molecule has 0 bridgehead atoms. The number of hydrogen-bond donors (Lipinski definition) is 2. The van der Waals surface area contributed by atoms with Crippen molar-refractivity contribution < 1.29 is 0 Å². The highest BCUT2D eigenvalue weighted by atomic mass is 15.5. The number of aromatic nitrogens is 2. The molecule has 0 saturated carbocycles. The number of anilines is 2. The first kappa shape index (κ1) is 16.0. The molecule has 5 nitrogen and oxygen atoms in total. The Kier molecular flexibility index (Phi) is 4.71. The lowest BCUT2D eigenvalue weighted by Gasteiger charge is -2.39. The van der Waals surface area contributed by atoms with E-state index in [4.69, 9.17) is 4.98 Å². The summed E-state index contributed by atoms with van der Waals surface area (Å²) in [5.74, 6) is 2.59. The van der Waals surface area contributed by atoms with Gasteiger partial charge in [0.1, 0.15) is 17.5 Å². The molecule has 1 saturated heterocycles. The summed E-state index contributed by atoms with van der Waals surface area (Å²) >= 11 is 0. The van der Waals surface area contributed by atoms with E-state index in [2.05, 4.69) is 55.4 Å². The maximum Gasteiger partial charge on any atom is 0.146 e. The van der Waals surface area contributed by atoms with Gasteiger partial charge in [-0.1, -0.05) is 27.2 Å². The van der Waals surface area contributed by atoms with Crippen LogP contribution in [-0.2, 0) is 5.41 Å². The third-order valence-electron chi connectivity index (χ3n) is 4.09. The van der Waals surface area contributed by atoms with E-state index in [1.54, 1.807) is 0 Å². The highest BCUT2D eigenvalue weighted by molar-refractivity contribution is 5.47. The molecule has 0 spiro atoms. The van der Waals surface area contributed by atoms with Crippen LogP contribution in [0, 0.1) is 0 Å². The minimum absolute atomic E-state index is 0.0670. The molecular weight excluding hydrogens is 262 g/mol. The number of hydrazine groups is 1. The van der Waals surface area contributed by atoms with Crippen molar-refractivity contribution in [2.24, 2.45) is 0 Å². The number of nitrogens with one attached hydrogen (secondary N) is 2. The normalized spacial score (nSPS) is 23.9. The van der Waals surface area contributed by atoms with E-state index in [1.807, 2.05) is 13.1 Å². The van der Waals surface area contributed by atoms with E-state index >= 15 is 0 Å². The fourth-order valence-corrected chi connectivity index (χ4v) is 2.74. The maximum atomic E-state index is 4.71. The fourth-order valence-electron chi connectivity index (χ4n) is 2.74. The predicted octanol–water partition coefficient (Wildman–Crippen LogP) is 3.41. The topological polar surface area (TPSA) is 53.1 Å². The van der Waals surface area contributed by atoms with E-state index < -0.39 is 0 Å². The van der Waals surface area contributed by atoms with Crippen LogP contribution in [-0.4, -0.2) is 34.1 Å². The van der Waals surface area contributed by atoms with Crippen molar-refractivity contribution in [1.29, 1.82) is 0 Å². The molecule has 0 aromatic carbocycles. The molecule has 1 aliphatic rings. The lowest BCUT2D eigenvalue weighted by Crippen LogP contribution is -2.47. The monoisotopic (exact) mass is 291 g/mol. The average Bonchev–Trinajstić information content (AvgIpc) is 2.42. The number of hydrogen-bond acceptors (Lipinski definition) is 5. The summed E-state index contributed by atoms with van der Waals surface area (Å²) in [6, 6.07) is 3.03. The molecule has 2 N–H and O–H groups in total. The lowest BCUT2D eigenvalue weighted by molar-refractivity contribution is 0.135. The molecule has 0 radical (unpaired) electrons. The van der Waals surface area contributed by atoms with Gasteiger partial charge in [0.05, 0.1) is 0 Å². The SMILES string of the molecule is CNc1cc(NN2C(C)CCCC2C)nc(C(C)(C)C)n1. The summed E-state index contributed by atoms with van der Waals surface area (Å²) in [5, 5.41) is 5.46. The Bertz CT molecular complexity index is 470. The smallest absolute Gasteiger partial charge is 0.146 e. The van der Waals surface area contributed by atoms with Crippen LogP contribution < -0.4 is 10.7 Å². The molecule has 2 rings (SSSR count).